The molecule has 1 rings (SSSR count). The molecule has 3 N–H and O–H groups in total. The van der Waals surface area contributed by atoms with Gasteiger partial charge in [-0.1, -0.05) is 6.08 Å². The summed E-state index contributed by atoms with van der Waals surface area (Å²) >= 11 is 0. The Kier molecular flexibility index (Phi) is 6.45. The third-order valence-electron chi connectivity index (χ3n) is 2.94. The summed E-state index contributed by atoms with van der Waals surface area (Å²) in [7, 11) is 0. The summed E-state index contributed by atoms with van der Waals surface area (Å²) < 4.78 is 1.88. The first-order valence-corrected chi connectivity index (χ1v) is 6.83. The van der Waals surface area contributed by atoms with Gasteiger partial charge in [0.15, 0.2) is 0 Å². The Hall–Kier alpha value is -2.31. The lowest BCUT2D eigenvalue weighted by Crippen LogP contribution is -2.46. The van der Waals surface area contributed by atoms with Crippen LogP contribution in [0.15, 0.2) is 18.7 Å². The number of carbonyl (C=O) groups is 2. The monoisotopic (exact) mass is 294 g/mol. The molecule has 7 heteroatoms. The molecule has 1 heterocycles. The van der Waals surface area contributed by atoms with Crippen molar-refractivity contribution < 1.29 is 14.7 Å². The smallest absolute Gasteiger partial charge is 0.326 e. The Labute approximate surface area is 124 Å². The molecule has 0 aromatic carbocycles. The van der Waals surface area contributed by atoms with Gasteiger partial charge in [-0.3, -0.25) is 4.68 Å². The summed E-state index contributed by atoms with van der Waals surface area (Å²) in [6.45, 7) is 8.53. The van der Waals surface area contributed by atoms with Crippen molar-refractivity contribution in [3.8, 4) is 0 Å². The number of nitrogens with one attached hydrogen (secondary N) is 2. The Morgan fingerprint density at radius 2 is 2.24 bits per heavy atom. The number of nitrogens with zero attached hydrogens (tertiary/aromatic N) is 2. The van der Waals surface area contributed by atoms with Crippen LogP contribution in [0.4, 0.5) is 4.79 Å². The molecule has 0 bridgehead atoms. The van der Waals surface area contributed by atoms with Crippen molar-refractivity contribution in [1.82, 2.24) is 20.4 Å². The molecular weight excluding hydrogens is 272 g/mol. The number of hydrogen-bond donors (Lipinski definition) is 3. The van der Waals surface area contributed by atoms with Crippen molar-refractivity contribution in [3.05, 3.63) is 30.1 Å². The van der Waals surface area contributed by atoms with E-state index >= 15 is 0 Å². The number of amides is 2. The zero-order valence-electron chi connectivity index (χ0n) is 12.4. The number of hydrogen-bond acceptors (Lipinski definition) is 3. The number of carbonyl (C=O) groups excluding carboxylic acids is 1. The minimum Gasteiger partial charge on any atom is -0.480 e. The van der Waals surface area contributed by atoms with Gasteiger partial charge in [0.05, 0.1) is 5.69 Å². The minimum atomic E-state index is -1.08. The molecule has 0 aliphatic carbocycles. The van der Waals surface area contributed by atoms with Gasteiger partial charge < -0.3 is 15.7 Å². The van der Waals surface area contributed by atoms with E-state index in [1.165, 1.54) is 6.08 Å². The third-order valence-corrected chi connectivity index (χ3v) is 2.94. The summed E-state index contributed by atoms with van der Waals surface area (Å²) in [5.41, 5.74) is 2.04. The quantitative estimate of drug-likeness (QED) is 0.496. The maximum absolute atomic E-state index is 11.6. The fourth-order valence-corrected chi connectivity index (χ4v) is 1.93. The normalized spacial score (nSPS) is 11.7. The first-order chi connectivity index (χ1) is 9.93. The number of carboxylic acid groups (broad SMARTS) is 1. The van der Waals surface area contributed by atoms with E-state index in [2.05, 4.69) is 22.3 Å². The lowest BCUT2D eigenvalue weighted by atomic mass is 10.2. The molecule has 1 atom stereocenters. The van der Waals surface area contributed by atoms with Crippen LogP contribution in [0, 0.1) is 13.8 Å². The van der Waals surface area contributed by atoms with E-state index in [1.807, 2.05) is 24.6 Å². The molecule has 1 unspecified atom stereocenters. The van der Waals surface area contributed by atoms with Gasteiger partial charge in [-0.05, 0) is 32.8 Å². The van der Waals surface area contributed by atoms with Crippen LogP contribution in [-0.2, 0) is 11.3 Å². The number of urea groups is 1. The molecule has 1 aromatic heterocycles. The predicted octanol–water partition coefficient (Wildman–Crippen LogP) is 1.22. The van der Waals surface area contributed by atoms with E-state index in [4.69, 9.17) is 5.11 Å². The van der Waals surface area contributed by atoms with Crippen LogP contribution < -0.4 is 10.6 Å². The molecule has 0 aliphatic rings. The van der Waals surface area contributed by atoms with Crippen molar-refractivity contribution in [1.29, 1.82) is 0 Å². The van der Waals surface area contributed by atoms with E-state index in [9.17, 15) is 9.59 Å². The van der Waals surface area contributed by atoms with E-state index in [-0.39, 0.29) is 6.42 Å². The number of aromatic nitrogens is 2. The molecule has 7 nitrogen and oxygen atoms in total. The second-order valence-electron chi connectivity index (χ2n) is 4.82. The molecule has 0 spiro atoms. The fraction of sp³-hybridized carbons (Fsp3) is 0.500. The molecule has 2 amide bonds. The zero-order chi connectivity index (χ0) is 15.8. The highest BCUT2D eigenvalue weighted by atomic mass is 16.4. The summed E-state index contributed by atoms with van der Waals surface area (Å²) in [6, 6.07) is 0.559. The van der Waals surface area contributed by atoms with Crippen LogP contribution in [0.25, 0.3) is 0 Å². The number of aryl methyl sites for hydroxylation is 3. The van der Waals surface area contributed by atoms with Crippen molar-refractivity contribution in [3.63, 3.8) is 0 Å². The van der Waals surface area contributed by atoms with Crippen LogP contribution in [0.3, 0.4) is 0 Å². The maximum atomic E-state index is 11.6. The SMILES string of the molecule is C=CCC(NC(=O)NCCCn1nc(C)cc1C)C(=O)O. The molecule has 0 saturated heterocycles. The summed E-state index contributed by atoms with van der Waals surface area (Å²) in [4.78, 5) is 22.5. The van der Waals surface area contributed by atoms with Crippen molar-refractivity contribution in [2.75, 3.05) is 6.54 Å². The van der Waals surface area contributed by atoms with Crippen LogP contribution in [0.2, 0.25) is 0 Å². The zero-order valence-corrected chi connectivity index (χ0v) is 12.4. The van der Waals surface area contributed by atoms with E-state index in [1.54, 1.807) is 0 Å². The highest BCUT2D eigenvalue weighted by Crippen LogP contribution is 2.02. The molecule has 21 heavy (non-hydrogen) atoms. The average molecular weight is 294 g/mol. The Bertz CT molecular complexity index is 510. The molecule has 116 valence electrons. The van der Waals surface area contributed by atoms with Crippen molar-refractivity contribution in [2.24, 2.45) is 0 Å². The van der Waals surface area contributed by atoms with Crippen LogP contribution >= 0.6 is 0 Å². The van der Waals surface area contributed by atoms with Crippen molar-refractivity contribution >= 4 is 12.0 Å². The minimum absolute atomic E-state index is 0.189. The summed E-state index contributed by atoms with van der Waals surface area (Å²) in [6.07, 6.45) is 2.37. The van der Waals surface area contributed by atoms with Gasteiger partial charge >= 0.3 is 12.0 Å². The number of carboxylic acids is 1. The lowest BCUT2D eigenvalue weighted by Gasteiger charge is -2.13. The van der Waals surface area contributed by atoms with Gasteiger partial charge in [0, 0.05) is 18.8 Å². The maximum Gasteiger partial charge on any atom is 0.326 e. The second kappa shape index (κ2) is 8.08. The molecule has 0 saturated carbocycles. The highest BCUT2D eigenvalue weighted by molar-refractivity contribution is 5.82. The summed E-state index contributed by atoms with van der Waals surface area (Å²) in [5, 5.41) is 18.2. The molecule has 1 aromatic rings. The van der Waals surface area contributed by atoms with Gasteiger partial charge in [-0.15, -0.1) is 6.58 Å². The van der Waals surface area contributed by atoms with Crippen LogP contribution in [0.1, 0.15) is 24.2 Å². The molecular formula is C14H22N4O3. The van der Waals surface area contributed by atoms with Crippen LogP contribution in [0.5, 0.6) is 0 Å². The van der Waals surface area contributed by atoms with Crippen LogP contribution in [-0.4, -0.2) is 39.5 Å². The van der Waals surface area contributed by atoms with E-state index < -0.39 is 18.0 Å². The predicted molar refractivity (Wildman–Crippen MR) is 79.1 cm³/mol. The van der Waals surface area contributed by atoms with Gasteiger partial charge in [0.1, 0.15) is 6.04 Å². The van der Waals surface area contributed by atoms with Gasteiger partial charge in [-0.25, -0.2) is 9.59 Å². The first kappa shape index (κ1) is 16.7. The highest BCUT2D eigenvalue weighted by Gasteiger charge is 2.17. The second-order valence-corrected chi connectivity index (χ2v) is 4.82. The Balaban J connectivity index is 2.28. The van der Waals surface area contributed by atoms with E-state index in [0.717, 1.165) is 11.4 Å². The Morgan fingerprint density at radius 3 is 2.76 bits per heavy atom. The number of aliphatic carboxylic acids is 1. The first-order valence-electron chi connectivity index (χ1n) is 6.83. The molecule has 0 aliphatic heterocycles. The molecule has 0 radical (unpaired) electrons. The van der Waals surface area contributed by atoms with Crippen molar-refractivity contribution in [2.45, 2.75) is 39.3 Å². The summed E-state index contributed by atoms with van der Waals surface area (Å²) in [5.74, 6) is -1.08. The third kappa shape index (κ3) is 5.68. The van der Waals surface area contributed by atoms with Gasteiger partial charge in [0.2, 0.25) is 0 Å². The average Bonchev–Trinajstić information content (AvgIpc) is 2.72. The topological polar surface area (TPSA) is 96.3 Å². The Morgan fingerprint density at radius 1 is 1.52 bits per heavy atom. The largest absolute Gasteiger partial charge is 0.480 e. The number of rotatable bonds is 8. The van der Waals surface area contributed by atoms with Gasteiger partial charge in [-0.2, -0.15) is 5.10 Å². The van der Waals surface area contributed by atoms with Gasteiger partial charge in [0.25, 0.3) is 0 Å². The molecule has 0 fully saturated rings. The van der Waals surface area contributed by atoms with E-state index in [0.29, 0.717) is 19.5 Å². The lowest BCUT2D eigenvalue weighted by molar-refractivity contribution is -0.139. The standard InChI is InChI=1S/C14H22N4O3/c1-4-6-12(13(19)20)16-14(21)15-7-5-8-18-11(3)9-10(2)17-18/h4,9,12H,1,5-8H2,2-3H3,(H,19,20)(H2,15,16,21). The fourth-order valence-electron chi connectivity index (χ4n) is 1.93.